The van der Waals surface area contributed by atoms with E-state index in [1.807, 2.05) is 4.91 Å². The highest BCUT2D eigenvalue weighted by molar-refractivity contribution is 7.90. The Hall–Kier alpha value is -2.19. The lowest BCUT2D eigenvalue weighted by Crippen LogP contribution is -2.28. The second-order valence-electron chi connectivity index (χ2n) is 4.85. The summed E-state index contributed by atoms with van der Waals surface area (Å²) in [4.78, 5) is -0.266. The number of azide groups is 1. The monoisotopic (exact) mass is 432 g/mol. The maximum atomic E-state index is 13.8. The highest BCUT2D eigenvalue weighted by Gasteiger charge is 2.32. The molecule has 1 aromatic carbocycles. The fourth-order valence-corrected chi connectivity index (χ4v) is 3.34. The van der Waals surface area contributed by atoms with Gasteiger partial charge in [-0.3, -0.25) is 4.18 Å². The molecule has 0 spiro atoms. The second kappa shape index (κ2) is 8.67. The van der Waals surface area contributed by atoms with Crippen molar-refractivity contribution in [2.75, 3.05) is 13.2 Å². The van der Waals surface area contributed by atoms with Crippen LogP contribution in [-0.2, 0) is 24.3 Å². The second-order valence-corrected chi connectivity index (χ2v) is 8.40. The molecule has 150 valence electrons. The van der Waals surface area contributed by atoms with Crippen LogP contribution in [0.3, 0.4) is 0 Å². The fraction of sp³-hybridized carbons (Fsp3) is 0.333. The number of sulfonamides is 1. The van der Waals surface area contributed by atoms with Crippen LogP contribution in [0.5, 0.6) is 0 Å². The number of nitrogens with zero attached hydrogens (tertiary/aromatic N) is 3. The summed E-state index contributed by atoms with van der Waals surface area (Å²) in [6, 6.07) is 0. The minimum atomic E-state index is -5.07. The number of nitrogens with one attached hydrogen (secondary N) is 1. The van der Waals surface area contributed by atoms with Crippen molar-refractivity contribution in [1.82, 2.24) is 4.72 Å². The van der Waals surface area contributed by atoms with Crippen molar-refractivity contribution in [2.45, 2.75) is 18.2 Å². The van der Waals surface area contributed by atoms with Crippen LogP contribution in [0.25, 0.3) is 10.4 Å². The van der Waals surface area contributed by atoms with Gasteiger partial charge in [-0.2, -0.15) is 8.42 Å². The molecular weight excluding hydrogens is 420 g/mol. The molecule has 0 unspecified atom stereocenters. The van der Waals surface area contributed by atoms with Crippen LogP contribution in [0, 0.1) is 23.3 Å². The topological polar surface area (TPSA) is 138 Å². The van der Waals surface area contributed by atoms with Gasteiger partial charge >= 0.3 is 0 Å². The predicted molar refractivity (Wildman–Crippen MR) is 84.6 cm³/mol. The van der Waals surface area contributed by atoms with E-state index < -0.39 is 67.1 Å². The van der Waals surface area contributed by atoms with Crippen LogP contribution in [0.15, 0.2) is 21.5 Å². The van der Waals surface area contributed by atoms with Crippen LogP contribution >= 0.6 is 0 Å². The molecule has 0 bridgehead atoms. The molecule has 0 aliphatic carbocycles. The summed E-state index contributed by atoms with van der Waals surface area (Å²) in [5.41, 5.74) is 6.46. The molecular formula is C12H12F4N4O5S2. The van der Waals surface area contributed by atoms with Gasteiger partial charge in [-0.25, -0.2) is 30.7 Å². The minimum absolute atomic E-state index is 0.267. The van der Waals surface area contributed by atoms with Crippen LogP contribution < -0.4 is 4.72 Å². The summed E-state index contributed by atoms with van der Waals surface area (Å²) < 4.78 is 107. The van der Waals surface area contributed by atoms with Crippen molar-refractivity contribution in [3.8, 4) is 0 Å². The van der Waals surface area contributed by atoms with Gasteiger partial charge in [0.15, 0.2) is 28.2 Å². The van der Waals surface area contributed by atoms with Gasteiger partial charge in [0, 0.05) is 11.5 Å². The summed E-state index contributed by atoms with van der Waals surface area (Å²) in [6.07, 6.45) is -0.267. The summed E-state index contributed by atoms with van der Waals surface area (Å²) in [6.45, 7) is 3.24. The van der Waals surface area contributed by atoms with Crippen molar-refractivity contribution >= 4 is 25.8 Å². The van der Waals surface area contributed by atoms with E-state index in [0.29, 0.717) is 0 Å². The van der Waals surface area contributed by atoms with E-state index in [0.717, 1.165) is 6.92 Å². The van der Waals surface area contributed by atoms with Crippen LogP contribution in [0.4, 0.5) is 23.2 Å². The maximum Gasteiger partial charge on any atom is 0.292 e. The molecule has 1 rings (SSSR count). The lowest BCUT2D eigenvalue weighted by atomic mass is 10.2. The first-order valence-electron chi connectivity index (χ1n) is 6.82. The van der Waals surface area contributed by atoms with Crippen LogP contribution in [0.2, 0.25) is 0 Å². The van der Waals surface area contributed by atoms with Gasteiger partial charge in [0.2, 0.25) is 10.0 Å². The Balaban J connectivity index is 3.00. The number of allylic oxidation sites excluding steroid dienone is 1. The molecule has 0 atom stereocenters. The normalized spacial score (nSPS) is 11.9. The molecule has 0 radical (unpaired) electrons. The summed E-state index contributed by atoms with van der Waals surface area (Å²) in [5.74, 6) is -8.96. The van der Waals surface area contributed by atoms with E-state index in [2.05, 4.69) is 15.9 Å². The maximum absolute atomic E-state index is 13.8. The molecule has 15 heteroatoms. The Morgan fingerprint density at radius 1 is 1.15 bits per heavy atom. The van der Waals surface area contributed by atoms with Gasteiger partial charge in [0.25, 0.3) is 10.1 Å². The molecule has 27 heavy (non-hydrogen) atoms. The zero-order valence-corrected chi connectivity index (χ0v) is 15.2. The standard InChI is InChI=1S/C12H12F4N4O5S2/c1-6(2)27(23,24)25-5-3-4-18-26(21,22)12-9(15)7(13)11(19-20-17)8(14)10(12)16/h18H,1,3-5H2,2H3. The Bertz CT molecular complexity index is 992. The third kappa shape index (κ3) is 5.17. The fourth-order valence-electron chi connectivity index (χ4n) is 1.59. The lowest BCUT2D eigenvalue weighted by Gasteiger charge is -2.11. The molecule has 0 amide bonds. The zero-order valence-electron chi connectivity index (χ0n) is 13.5. The number of hydrogen-bond donors (Lipinski definition) is 1. The Morgan fingerprint density at radius 3 is 2.11 bits per heavy atom. The molecule has 0 heterocycles. The van der Waals surface area contributed by atoms with Gasteiger partial charge in [-0.1, -0.05) is 11.7 Å². The first kappa shape index (κ1) is 22.9. The van der Waals surface area contributed by atoms with Gasteiger partial charge in [-0.05, 0) is 18.9 Å². The molecule has 0 saturated carbocycles. The third-order valence-corrected chi connectivity index (χ3v) is 5.70. The predicted octanol–water partition coefficient (Wildman–Crippen LogP) is 2.73. The summed E-state index contributed by atoms with van der Waals surface area (Å²) in [5, 5.41) is 2.43. The van der Waals surface area contributed by atoms with E-state index in [1.165, 1.54) is 0 Å². The van der Waals surface area contributed by atoms with Crippen LogP contribution in [0.1, 0.15) is 13.3 Å². The van der Waals surface area contributed by atoms with Gasteiger partial charge in [0.1, 0.15) is 5.69 Å². The SMILES string of the molecule is C=C(C)S(=O)(=O)OCCCNS(=O)(=O)c1c(F)c(F)c(N=[N+]=[N-])c(F)c1F. The van der Waals surface area contributed by atoms with Crippen molar-refractivity contribution in [2.24, 2.45) is 5.11 Å². The molecule has 1 N–H and O–H groups in total. The van der Waals surface area contributed by atoms with Gasteiger partial charge in [-0.15, -0.1) is 0 Å². The quantitative estimate of drug-likeness (QED) is 0.122. The first-order chi connectivity index (χ1) is 12.4. The largest absolute Gasteiger partial charge is 0.292 e. The lowest BCUT2D eigenvalue weighted by molar-refractivity contribution is 0.317. The Kier molecular flexibility index (Phi) is 7.33. The van der Waals surface area contributed by atoms with Crippen molar-refractivity contribution < 1.29 is 38.6 Å². The average molecular weight is 432 g/mol. The average Bonchev–Trinajstić information content (AvgIpc) is 2.56. The van der Waals surface area contributed by atoms with E-state index in [1.54, 1.807) is 4.72 Å². The molecule has 0 aromatic heterocycles. The molecule has 0 aliphatic rings. The van der Waals surface area contributed by atoms with Crippen LogP contribution in [-0.4, -0.2) is 30.0 Å². The minimum Gasteiger partial charge on any atom is -0.267 e. The number of benzene rings is 1. The van der Waals surface area contributed by atoms with Gasteiger partial charge < -0.3 is 0 Å². The van der Waals surface area contributed by atoms with E-state index >= 15 is 0 Å². The van der Waals surface area contributed by atoms with E-state index in [4.69, 9.17) is 5.53 Å². The van der Waals surface area contributed by atoms with E-state index in [9.17, 15) is 34.4 Å². The Labute approximate surface area is 151 Å². The summed E-state index contributed by atoms with van der Waals surface area (Å²) in [7, 11) is -9.10. The smallest absolute Gasteiger partial charge is 0.267 e. The molecule has 0 aliphatic heterocycles. The van der Waals surface area contributed by atoms with Crippen molar-refractivity contribution in [3.05, 3.63) is 45.2 Å². The molecule has 0 saturated heterocycles. The molecule has 0 fully saturated rings. The Morgan fingerprint density at radius 2 is 1.67 bits per heavy atom. The third-order valence-electron chi connectivity index (χ3n) is 2.89. The highest BCUT2D eigenvalue weighted by Crippen LogP contribution is 2.32. The molecule has 9 nitrogen and oxygen atoms in total. The van der Waals surface area contributed by atoms with Crippen molar-refractivity contribution in [1.29, 1.82) is 0 Å². The molecule has 1 aromatic rings. The summed E-state index contributed by atoms with van der Waals surface area (Å²) >= 11 is 0. The number of halogens is 4. The highest BCUT2D eigenvalue weighted by atomic mass is 32.2. The first-order valence-corrected chi connectivity index (χ1v) is 9.71. The van der Waals surface area contributed by atoms with Gasteiger partial charge in [0.05, 0.1) is 11.5 Å². The number of rotatable bonds is 9. The van der Waals surface area contributed by atoms with E-state index in [-0.39, 0.29) is 11.3 Å². The number of hydrogen-bond acceptors (Lipinski definition) is 6. The van der Waals surface area contributed by atoms with Crippen molar-refractivity contribution in [3.63, 3.8) is 0 Å². The zero-order chi connectivity index (χ0) is 21.0.